The van der Waals surface area contributed by atoms with Crippen molar-refractivity contribution in [3.8, 4) is 0 Å². The van der Waals surface area contributed by atoms with E-state index in [1.807, 2.05) is 19.3 Å². The molecule has 0 aromatic rings. The Bertz CT molecular complexity index is 74.9. The summed E-state index contributed by atoms with van der Waals surface area (Å²) in [6.07, 6.45) is 5.69. The molecule has 1 aliphatic carbocycles. The third-order valence-corrected chi connectivity index (χ3v) is 1.79. The fourth-order valence-corrected chi connectivity index (χ4v) is 0.974. The Morgan fingerprint density at radius 1 is 1.50 bits per heavy atom. The van der Waals surface area contributed by atoms with Crippen LogP contribution in [0.4, 0.5) is 0 Å². The molecule has 0 bridgehead atoms. The molecule has 1 aliphatic rings. The quantitative estimate of drug-likeness (QED) is 0.631. The number of aliphatic hydroxyl groups is 1. The van der Waals surface area contributed by atoms with Crippen molar-refractivity contribution in [1.82, 2.24) is 0 Å². The molecule has 5 radical (unpaired) electrons. The maximum absolute atomic E-state index is 8.58. The molecule has 1 saturated carbocycles. The van der Waals surface area contributed by atoms with Gasteiger partial charge in [0.05, 0.1) is 11.4 Å². The van der Waals surface area contributed by atoms with Gasteiger partial charge in [0.1, 0.15) is 0 Å². The lowest BCUT2D eigenvalue weighted by molar-refractivity contribution is 0.317. The van der Waals surface area contributed by atoms with Crippen LogP contribution in [0.25, 0.3) is 0 Å². The SMILES string of the molecule is OC[C]1[CH][CH][CH][C]1Br. The Hall–Kier alpha value is 0.440. The summed E-state index contributed by atoms with van der Waals surface area (Å²) in [5, 5.41) is 8.58. The molecule has 1 nitrogen and oxygen atoms in total. The first-order valence-electron chi connectivity index (χ1n) is 2.35. The van der Waals surface area contributed by atoms with Gasteiger partial charge in [0.2, 0.25) is 0 Å². The molecule has 8 heavy (non-hydrogen) atoms. The van der Waals surface area contributed by atoms with Gasteiger partial charge in [0.15, 0.2) is 0 Å². The van der Waals surface area contributed by atoms with E-state index in [-0.39, 0.29) is 6.61 Å². The predicted molar refractivity (Wildman–Crippen MR) is 35.4 cm³/mol. The Labute approximate surface area is 58.2 Å². The molecule has 0 aromatic heterocycles. The summed E-state index contributed by atoms with van der Waals surface area (Å²) in [6, 6.07) is 0. The average molecular weight is 174 g/mol. The van der Waals surface area contributed by atoms with E-state index >= 15 is 0 Å². The minimum absolute atomic E-state index is 0.119. The summed E-state index contributed by atoms with van der Waals surface area (Å²) in [5.41, 5.74) is 0. The third kappa shape index (κ3) is 1.23. The zero-order valence-electron chi connectivity index (χ0n) is 4.26. The van der Waals surface area contributed by atoms with E-state index in [1.165, 1.54) is 0 Å². The van der Waals surface area contributed by atoms with Crippen LogP contribution >= 0.6 is 15.9 Å². The third-order valence-electron chi connectivity index (χ3n) is 1.02. The van der Waals surface area contributed by atoms with Crippen LogP contribution < -0.4 is 0 Å². The lowest BCUT2D eigenvalue weighted by atomic mass is 10.1. The summed E-state index contributed by atoms with van der Waals surface area (Å²) in [7, 11) is 0. The molecule has 1 rings (SSSR count). The molecule has 0 aromatic carbocycles. The fourth-order valence-electron chi connectivity index (χ4n) is 0.564. The number of hydrogen-bond acceptors (Lipinski definition) is 1. The van der Waals surface area contributed by atoms with Crippen LogP contribution in [0.1, 0.15) is 0 Å². The van der Waals surface area contributed by atoms with Crippen LogP contribution in [0.5, 0.6) is 0 Å². The summed E-state index contributed by atoms with van der Waals surface area (Å²) < 4.78 is 0. The van der Waals surface area contributed by atoms with Crippen LogP contribution in [0.2, 0.25) is 0 Å². The second kappa shape index (κ2) is 2.83. The topological polar surface area (TPSA) is 20.2 Å². The highest BCUT2D eigenvalue weighted by atomic mass is 79.9. The molecule has 0 saturated heterocycles. The van der Waals surface area contributed by atoms with Gasteiger partial charge in [-0.25, -0.2) is 0 Å². The number of rotatable bonds is 1. The summed E-state index contributed by atoms with van der Waals surface area (Å²) in [5.74, 6) is 0.949. The van der Waals surface area contributed by atoms with E-state index in [2.05, 4.69) is 15.9 Å². The first-order chi connectivity index (χ1) is 3.84. The Kier molecular flexibility index (Phi) is 2.32. The second-order valence-electron chi connectivity index (χ2n) is 1.56. The molecule has 1 fully saturated rings. The number of halogens is 1. The van der Waals surface area contributed by atoms with Gasteiger partial charge >= 0.3 is 0 Å². The van der Waals surface area contributed by atoms with Gasteiger partial charge in [-0.2, -0.15) is 0 Å². The molecule has 0 aliphatic heterocycles. The van der Waals surface area contributed by atoms with Gasteiger partial charge in [-0.3, -0.25) is 0 Å². The molecule has 0 atom stereocenters. The van der Waals surface area contributed by atoms with Crippen molar-refractivity contribution >= 4 is 15.9 Å². The van der Waals surface area contributed by atoms with E-state index < -0.39 is 0 Å². The van der Waals surface area contributed by atoms with Gasteiger partial charge in [-0.15, -0.1) is 0 Å². The van der Waals surface area contributed by atoms with Crippen molar-refractivity contribution in [3.63, 3.8) is 0 Å². The standard InChI is InChI=1S/C6H6BrO/c7-6-3-1-2-5(6)4-8/h1-3,8H,4H2. The molecule has 0 spiro atoms. The van der Waals surface area contributed by atoms with Crippen LogP contribution in [-0.4, -0.2) is 11.7 Å². The van der Waals surface area contributed by atoms with Crippen molar-refractivity contribution in [3.05, 3.63) is 30.0 Å². The number of aliphatic hydroxyl groups excluding tert-OH is 1. The highest BCUT2D eigenvalue weighted by Crippen LogP contribution is 2.36. The van der Waals surface area contributed by atoms with Crippen molar-refractivity contribution in [2.45, 2.75) is 0 Å². The second-order valence-corrected chi connectivity index (χ2v) is 2.41. The Balaban J connectivity index is 2.30. The first-order valence-corrected chi connectivity index (χ1v) is 3.15. The predicted octanol–water partition coefficient (Wildman–Crippen LogP) is 1.11. The van der Waals surface area contributed by atoms with Crippen molar-refractivity contribution in [1.29, 1.82) is 0 Å². The molecule has 1 N–H and O–H groups in total. The van der Waals surface area contributed by atoms with Gasteiger partial charge in [-0.05, 0) is 19.3 Å². The van der Waals surface area contributed by atoms with E-state index in [0.29, 0.717) is 0 Å². The molecule has 2 heteroatoms. The molecular weight excluding hydrogens is 168 g/mol. The van der Waals surface area contributed by atoms with Crippen LogP contribution in [0, 0.1) is 30.0 Å². The summed E-state index contributed by atoms with van der Waals surface area (Å²) >= 11 is 3.27. The molecule has 43 valence electrons. The summed E-state index contributed by atoms with van der Waals surface area (Å²) in [6.45, 7) is 0.119. The molecular formula is C6H6BrO. The molecule has 0 amide bonds. The largest absolute Gasteiger partial charge is 0.396 e. The monoisotopic (exact) mass is 173 g/mol. The Morgan fingerprint density at radius 2 is 2.25 bits per heavy atom. The van der Waals surface area contributed by atoms with Crippen molar-refractivity contribution < 1.29 is 5.11 Å². The maximum atomic E-state index is 8.58. The lowest BCUT2D eigenvalue weighted by Gasteiger charge is -2.05. The smallest absolute Gasteiger partial charge is 0.0542 e. The zero-order valence-corrected chi connectivity index (χ0v) is 5.85. The van der Waals surface area contributed by atoms with E-state index in [0.717, 1.165) is 10.7 Å². The van der Waals surface area contributed by atoms with Crippen LogP contribution in [0.3, 0.4) is 0 Å². The Morgan fingerprint density at radius 3 is 2.50 bits per heavy atom. The minimum Gasteiger partial charge on any atom is -0.396 e. The van der Waals surface area contributed by atoms with Gasteiger partial charge < -0.3 is 5.11 Å². The van der Waals surface area contributed by atoms with Crippen molar-refractivity contribution in [2.75, 3.05) is 6.61 Å². The highest BCUT2D eigenvalue weighted by Gasteiger charge is 2.25. The van der Waals surface area contributed by atoms with Crippen LogP contribution in [0.15, 0.2) is 0 Å². The van der Waals surface area contributed by atoms with E-state index in [9.17, 15) is 0 Å². The molecule has 0 unspecified atom stereocenters. The number of hydrogen-bond donors (Lipinski definition) is 1. The lowest BCUT2D eigenvalue weighted by Crippen LogP contribution is -2.01. The van der Waals surface area contributed by atoms with Crippen molar-refractivity contribution in [2.24, 2.45) is 0 Å². The maximum Gasteiger partial charge on any atom is 0.0542 e. The van der Waals surface area contributed by atoms with E-state index in [4.69, 9.17) is 5.11 Å². The van der Waals surface area contributed by atoms with E-state index in [1.54, 1.807) is 0 Å². The van der Waals surface area contributed by atoms with Gasteiger partial charge in [0.25, 0.3) is 0 Å². The fraction of sp³-hybridized carbons (Fsp3) is 0.167. The zero-order chi connectivity index (χ0) is 5.98. The first kappa shape index (κ1) is 6.56. The summed E-state index contributed by atoms with van der Waals surface area (Å²) in [4.78, 5) is 0.986. The molecule has 0 heterocycles. The van der Waals surface area contributed by atoms with Crippen LogP contribution in [-0.2, 0) is 0 Å². The highest BCUT2D eigenvalue weighted by molar-refractivity contribution is 9.11. The van der Waals surface area contributed by atoms with Gasteiger partial charge in [-0.1, -0.05) is 15.9 Å². The van der Waals surface area contributed by atoms with Gasteiger partial charge in [0, 0.05) is 5.92 Å². The minimum atomic E-state index is 0.119. The normalized spacial score (nSPS) is 24.8. The average Bonchev–Trinajstić information content (AvgIpc) is 2.14.